The Morgan fingerprint density at radius 3 is 2.62 bits per heavy atom. The zero-order chi connectivity index (χ0) is 14.2. The van der Waals surface area contributed by atoms with Crippen molar-refractivity contribution in [2.45, 2.75) is 12.8 Å². The molecule has 0 fully saturated rings. The summed E-state index contributed by atoms with van der Waals surface area (Å²) < 4.78 is 7.22. The summed E-state index contributed by atoms with van der Waals surface area (Å²) in [5.41, 5.74) is 6.05. The van der Waals surface area contributed by atoms with Crippen molar-refractivity contribution in [1.29, 1.82) is 0 Å². The van der Waals surface area contributed by atoms with E-state index in [1.165, 1.54) is 22.4 Å². The third-order valence-corrected chi connectivity index (χ3v) is 3.98. The molecule has 4 nitrogen and oxygen atoms in total. The van der Waals surface area contributed by atoms with Crippen LogP contribution in [0.5, 0.6) is 5.75 Å². The maximum atomic E-state index is 5.22. The van der Waals surface area contributed by atoms with Crippen LogP contribution in [0.1, 0.15) is 11.1 Å². The molecule has 1 aliphatic rings. The Morgan fingerprint density at radius 2 is 1.81 bits per heavy atom. The van der Waals surface area contributed by atoms with Gasteiger partial charge in [-0.15, -0.1) is 0 Å². The van der Waals surface area contributed by atoms with Gasteiger partial charge in [0.1, 0.15) is 5.75 Å². The van der Waals surface area contributed by atoms with Crippen LogP contribution < -0.4 is 4.74 Å². The fourth-order valence-electron chi connectivity index (χ4n) is 2.90. The molecular formula is C17H15N3O. The minimum atomic E-state index is 0.851. The molecule has 0 spiro atoms. The van der Waals surface area contributed by atoms with E-state index in [-0.39, 0.29) is 0 Å². The summed E-state index contributed by atoms with van der Waals surface area (Å²) in [7, 11) is 1.67. The molecule has 0 saturated carbocycles. The summed E-state index contributed by atoms with van der Waals surface area (Å²) in [6.45, 7) is 0. The third kappa shape index (κ3) is 1.91. The zero-order valence-corrected chi connectivity index (χ0v) is 11.8. The van der Waals surface area contributed by atoms with Gasteiger partial charge in [0.2, 0.25) is 0 Å². The van der Waals surface area contributed by atoms with Gasteiger partial charge >= 0.3 is 0 Å². The van der Waals surface area contributed by atoms with Gasteiger partial charge in [-0.3, -0.25) is 4.98 Å². The topological polar surface area (TPSA) is 39.9 Å². The molecule has 0 radical (unpaired) electrons. The Hall–Kier alpha value is -2.62. The lowest BCUT2D eigenvalue weighted by Gasteiger charge is -2.18. The summed E-state index contributed by atoms with van der Waals surface area (Å²) in [5.74, 6) is 0.851. The van der Waals surface area contributed by atoms with Gasteiger partial charge in [0.05, 0.1) is 24.7 Å². The van der Waals surface area contributed by atoms with Gasteiger partial charge in [-0.1, -0.05) is 0 Å². The Balaban J connectivity index is 1.88. The van der Waals surface area contributed by atoms with Crippen molar-refractivity contribution in [2.24, 2.45) is 0 Å². The molecule has 0 atom stereocenters. The van der Waals surface area contributed by atoms with Gasteiger partial charge in [0, 0.05) is 18.0 Å². The van der Waals surface area contributed by atoms with Crippen molar-refractivity contribution in [3.05, 3.63) is 60.0 Å². The number of nitrogens with zero attached hydrogens (tertiary/aromatic N) is 3. The van der Waals surface area contributed by atoms with E-state index in [2.05, 4.69) is 16.1 Å². The summed E-state index contributed by atoms with van der Waals surface area (Å²) in [6, 6.07) is 10.1. The maximum Gasteiger partial charge on any atom is 0.119 e. The Kier molecular flexibility index (Phi) is 2.74. The molecule has 2 aromatic heterocycles. The summed E-state index contributed by atoms with van der Waals surface area (Å²) in [4.78, 5) is 4.23. The first-order chi connectivity index (χ1) is 10.4. The maximum absolute atomic E-state index is 5.22. The molecule has 0 bridgehead atoms. The molecule has 0 saturated heterocycles. The predicted octanol–water partition coefficient (Wildman–Crippen LogP) is 3.04. The van der Waals surface area contributed by atoms with Crippen molar-refractivity contribution in [3.8, 4) is 22.7 Å². The minimum absolute atomic E-state index is 0.851. The molecular weight excluding hydrogens is 262 g/mol. The SMILES string of the molecule is COc1ccc(-n2ncc3c2-c2ccncc2CC3)cc1. The Morgan fingerprint density at radius 1 is 1.00 bits per heavy atom. The molecule has 0 amide bonds. The Bertz CT molecular complexity index is 790. The van der Waals surface area contributed by atoms with Crippen LogP contribution in [0.2, 0.25) is 0 Å². The second-order valence-electron chi connectivity index (χ2n) is 5.16. The van der Waals surface area contributed by atoms with Crippen LogP contribution in [0.25, 0.3) is 16.9 Å². The highest BCUT2D eigenvalue weighted by molar-refractivity contribution is 5.71. The van der Waals surface area contributed by atoms with Crippen LogP contribution in [-0.4, -0.2) is 21.9 Å². The number of ether oxygens (including phenoxy) is 1. The number of fused-ring (bicyclic) bond motifs is 3. The van der Waals surface area contributed by atoms with E-state index in [1.807, 2.05) is 47.5 Å². The number of aromatic nitrogens is 3. The van der Waals surface area contributed by atoms with E-state index in [1.54, 1.807) is 7.11 Å². The largest absolute Gasteiger partial charge is 0.497 e. The Labute approximate surface area is 123 Å². The van der Waals surface area contributed by atoms with E-state index < -0.39 is 0 Å². The second kappa shape index (κ2) is 4.74. The predicted molar refractivity (Wildman–Crippen MR) is 80.8 cm³/mol. The van der Waals surface area contributed by atoms with Crippen molar-refractivity contribution < 1.29 is 4.74 Å². The number of hydrogen-bond donors (Lipinski definition) is 0. The number of rotatable bonds is 2. The van der Waals surface area contributed by atoms with Crippen molar-refractivity contribution in [1.82, 2.24) is 14.8 Å². The quantitative estimate of drug-likeness (QED) is 0.723. The van der Waals surface area contributed by atoms with Crippen LogP contribution in [-0.2, 0) is 12.8 Å². The van der Waals surface area contributed by atoms with Gasteiger partial charge in [-0.05, 0) is 54.3 Å². The van der Waals surface area contributed by atoms with Crippen LogP contribution in [0, 0.1) is 0 Å². The molecule has 1 aliphatic carbocycles. The first-order valence-corrected chi connectivity index (χ1v) is 7.01. The molecule has 0 aliphatic heterocycles. The van der Waals surface area contributed by atoms with Crippen LogP contribution in [0.3, 0.4) is 0 Å². The van der Waals surface area contributed by atoms with Crippen molar-refractivity contribution in [2.75, 3.05) is 7.11 Å². The van der Waals surface area contributed by atoms with E-state index in [9.17, 15) is 0 Å². The molecule has 0 unspecified atom stereocenters. The fraction of sp³-hybridized carbons (Fsp3) is 0.176. The zero-order valence-electron chi connectivity index (χ0n) is 11.8. The van der Waals surface area contributed by atoms with Gasteiger partial charge in [0.15, 0.2) is 0 Å². The average Bonchev–Trinajstić information content (AvgIpc) is 2.99. The first kappa shape index (κ1) is 12.1. The molecule has 0 N–H and O–H groups in total. The molecule has 4 heteroatoms. The highest BCUT2D eigenvalue weighted by Gasteiger charge is 2.21. The third-order valence-electron chi connectivity index (χ3n) is 3.98. The molecule has 2 heterocycles. The molecule has 21 heavy (non-hydrogen) atoms. The van der Waals surface area contributed by atoms with E-state index in [0.717, 1.165) is 24.3 Å². The number of benzene rings is 1. The number of hydrogen-bond acceptors (Lipinski definition) is 3. The lowest BCUT2D eigenvalue weighted by atomic mass is 9.92. The lowest BCUT2D eigenvalue weighted by Crippen LogP contribution is -2.07. The summed E-state index contributed by atoms with van der Waals surface area (Å²) in [5, 5.41) is 4.58. The van der Waals surface area contributed by atoms with Crippen LogP contribution in [0.15, 0.2) is 48.9 Å². The first-order valence-electron chi connectivity index (χ1n) is 7.01. The summed E-state index contributed by atoms with van der Waals surface area (Å²) in [6.07, 6.45) is 7.83. The van der Waals surface area contributed by atoms with Gasteiger partial charge < -0.3 is 4.74 Å². The van der Waals surface area contributed by atoms with Crippen LogP contribution in [0.4, 0.5) is 0 Å². The van der Waals surface area contributed by atoms with E-state index in [4.69, 9.17) is 4.74 Å². The van der Waals surface area contributed by atoms with E-state index in [0.29, 0.717) is 0 Å². The van der Waals surface area contributed by atoms with Gasteiger partial charge in [0.25, 0.3) is 0 Å². The van der Waals surface area contributed by atoms with Gasteiger partial charge in [-0.2, -0.15) is 5.10 Å². The van der Waals surface area contributed by atoms with Crippen molar-refractivity contribution in [3.63, 3.8) is 0 Å². The summed E-state index contributed by atoms with van der Waals surface area (Å²) >= 11 is 0. The monoisotopic (exact) mass is 277 g/mol. The highest BCUT2D eigenvalue weighted by Crippen LogP contribution is 2.34. The number of pyridine rings is 1. The average molecular weight is 277 g/mol. The minimum Gasteiger partial charge on any atom is -0.497 e. The fourth-order valence-corrected chi connectivity index (χ4v) is 2.90. The molecule has 104 valence electrons. The molecule has 1 aromatic carbocycles. The van der Waals surface area contributed by atoms with Crippen LogP contribution >= 0.6 is 0 Å². The standard InChI is InChI=1S/C17H15N3O/c1-21-15-6-4-14(5-7-15)20-17-13(11-19-20)3-2-12-10-18-9-8-16(12)17/h4-11H,2-3H2,1H3. The normalized spacial score (nSPS) is 12.6. The highest BCUT2D eigenvalue weighted by atomic mass is 16.5. The smallest absolute Gasteiger partial charge is 0.119 e. The number of aryl methyl sites for hydroxylation is 2. The molecule has 3 aromatic rings. The second-order valence-corrected chi connectivity index (χ2v) is 5.16. The van der Waals surface area contributed by atoms with E-state index >= 15 is 0 Å². The molecule has 4 rings (SSSR count). The lowest BCUT2D eigenvalue weighted by molar-refractivity contribution is 0.414. The number of methoxy groups -OCH3 is 1. The van der Waals surface area contributed by atoms with Crippen molar-refractivity contribution >= 4 is 0 Å². The van der Waals surface area contributed by atoms with Gasteiger partial charge in [-0.25, -0.2) is 4.68 Å².